The maximum atomic E-state index is 9.22. The zero-order chi connectivity index (χ0) is 15.1. The lowest BCUT2D eigenvalue weighted by atomic mass is 10.2. The van der Waals surface area contributed by atoms with Crippen molar-refractivity contribution in [1.29, 1.82) is 10.7 Å². The van der Waals surface area contributed by atoms with Crippen LogP contribution >= 0.6 is 11.6 Å². The van der Waals surface area contributed by atoms with Crippen LogP contribution in [-0.2, 0) is 0 Å². The molecule has 1 fully saturated rings. The number of nitrogens with zero attached hydrogens (tertiary/aromatic N) is 3. The summed E-state index contributed by atoms with van der Waals surface area (Å²) in [7, 11) is 0. The predicted octanol–water partition coefficient (Wildman–Crippen LogP) is 3.48. The molecule has 0 atom stereocenters. The Morgan fingerprint density at radius 2 is 1.90 bits per heavy atom. The fraction of sp³-hybridized carbons (Fsp3) is 0.400. The molecule has 0 aromatic heterocycles. The molecule has 1 aliphatic rings. The van der Waals surface area contributed by atoms with E-state index < -0.39 is 0 Å². The number of nitrogens with one attached hydrogen (secondary N) is 2. The van der Waals surface area contributed by atoms with Crippen molar-refractivity contribution in [3.05, 3.63) is 29.3 Å². The van der Waals surface area contributed by atoms with Gasteiger partial charge in [-0.1, -0.05) is 36.6 Å². The van der Waals surface area contributed by atoms with E-state index in [0.717, 1.165) is 25.9 Å². The Labute approximate surface area is 129 Å². The highest BCUT2D eigenvalue weighted by Gasteiger charge is 2.17. The second-order valence-corrected chi connectivity index (χ2v) is 5.32. The highest BCUT2D eigenvalue weighted by Crippen LogP contribution is 2.20. The Kier molecular flexibility index (Phi) is 5.59. The van der Waals surface area contributed by atoms with Gasteiger partial charge in [-0.25, -0.2) is 0 Å². The van der Waals surface area contributed by atoms with Gasteiger partial charge in [0.05, 0.1) is 10.7 Å². The second-order valence-electron chi connectivity index (χ2n) is 4.91. The number of hydrazone groups is 1. The van der Waals surface area contributed by atoms with Crippen LogP contribution < -0.4 is 5.43 Å². The van der Waals surface area contributed by atoms with Gasteiger partial charge in [0.2, 0.25) is 5.71 Å². The van der Waals surface area contributed by atoms with E-state index in [1.165, 1.54) is 12.8 Å². The molecule has 0 unspecified atom stereocenters. The molecule has 0 radical (unpaired) electrons. The van der Waals surface area contributed by atoms with Gasteiger partial charge in [0.25, 0.3) is 0 Å². The van der Waals surface area contributed by atoms with Gasteiger partial charge in [-0.3, -0.25) is 10.8 Å². The normalized spacial score (nSPS) is 16.0. The number of likely N-dealkylation sites (tertiary alicyclic amines) is 1. The van der Waals surface area contributed by atoms with E-state index in [4.69, 9.17) is 17.0 Å². The summed E-state index contributed by atoms with van der Waals surface area (Å²) in [5, 5.41) is 21.9. The SMILES string of the molecule is N#C/C(=N/Nc1ccccc1Cl)C(=N)N1CCCCCC1. The van der Waals surface area contributed by atoms with Crippen LogP contribution in [0.5, 0.6) is 0 Å². The van der Waals surface area contributed by atoms with Gasteiger partial charge < -0.3 is 4.90 Å². The average Bonchev–Trinajstić information content (AvgIpc) is 2.78. The molecule has 0 bridgehead atoms. The minimum Gasteiger partial charge on any atom is -0.355 e. The average molecular weight is 304 g/mol. The Balaban J connectivity index is 2.08. The number of hydrogen-bond acceptors (Lipinski definition) is 4. The van der Waals surface area contributed by atoms with Crippen LogP contribution in [0.3, 0.4) is 0 Å². The lowest BCUT2D eigenvalue weighted by Crippen LogP contribution is -2.36. The number of hydrogen-bond donors (Lipinski definition) is 2. The van der Waals surface area contributed by atoms with E-state index in [1.54, 1.807) is 12.1 Å². The van der Waals surface area contributed by atoms with Gasteiger partial charge in [0.15, 0.2) is 5.84 Å². The van der Waals surface area contributed by atoms with Crippen molar-refractivity contribution in [2.75, 3.05) is 18.5 Å². The summed E-state index contributed by atoms with van der Waals surface area (Å²) in [5.41, 5.74) is 3.47. The number of para-hydroxylation sites is 1. The Morgan fingerprint density at radius 3 is 2.52 bits per heavy atom. The van der Waals surface area contributed by atoms with Crippen LogP contribution in [0.1, 0.15) is 25.7 Å². The molecule has 21 heavy (non-hydrogen) atoms. The van der Waals surface area contributed by atoms with E-state index in [9.17, 15) is 5.26 Å². The molecular weight excluding hydrogens is 286 g/mol. The summed E-state index contributed by atoms with van der Waals surface area (Å²) in [6.45, 7) is 1.62. The largest absolute Gasteiger partial charge is 0.355 e. The van der Waals surface area contributed by atoms with E-state index in [2.05, 4.69) is 10.5 Å². The quantitative estimate of drug-likeness (QED) is 0.510. The van der Waals surface area contributed by atoms with E-state index in [1.807, 2.05) is 23.1 Å². The first kappa shape index (κ1) is 15.3. The summed E-state index contributed by atoms with van der Waals surface area (Å²) in [6, 6.07) is 9.15. The van der Waals surface area contributed by atoms with Crippen LogP contribution in [-0.4, -0.2) is 29.5 Å². The van der Waals surface area contributed by atoms with Crippen molar-refractivity contribution in [1.82, 2.24) is 4.90 Å². The number of rotatable bonds is 3. The molecule has 1 aliphatic heterocycles. The number of anilines is 1. The smallest absolute Gasteiger partial charge is 0.202 e. The molecule has 1 heterocycles. The van der Waals surface area contributed by atoms with Gasteiger partial charge in [-0.2, -0.15) is 10.4 Å². The van der Waals surface area contributed by atoms with Crippen LogP contribution in [0, 0.1) is 16.7 Å². The first-order valence-electron chi connectivity index (χ1n) is 7.04. The lowest BCUT2D eigenvalue weighted by molar-refractivity contribution is 0.438. The molecule has 1 saturated heterocycles. The molecule has 6 heteroatoms. The maximum absolute atomic E-state index is 9.22. The summed E-state index contributed by atoms with van der Waals surface area (Å²) in [6.07, 6.45) is 4.47. The molecule has 0 spiro atoms. The lowest BCUT2D eigenvalue weighted by Gasteiger charge is -2.21. The molecule has 0 aliphatic carbocycles. The minimum absolute atomic E-state index is 0.0804. The monoisotopic (exact) mass is 303 g/mol. The Bertz CT molecular complexity index is 568. The van der Waals surface area contributed by atoms with Gasteiger partial charge in [-0.05, 0) is 25.0 Å². The van der Waals surface area contributed by atoms with Crippen LogP contribution in [0.2, 0.25) is 5.02 Å². The second kappa shape index (κ2) is 7.65. The van der Waals surface area contributed by atoms with E-state index >= 15 is 0 Å². The Hall–Kier alpha value is -2.06. The summed E-state index contributed by atoms with van der Waals surface area (Å²) >= 11 is 6.02. The van der Waals surface area contributed by atoms with Crippen molar-refractivity contribution in [3.63, 3.8) is 0 Å². The molecule has 1 aromatic carbocycles. The topological polar surface area (TPSA) is 75.3 Å². The van der Waals surface area contributed by atoms with Crippen molar-refractivity contribution < 1.29 is 0 Å². The fourth-order valence-corrected chi connectivity index (χ4v) is 2.42. The fourth-order valence-electron chi connectivity index (χ4n) is 2.24. The molecule has 110 valence electrons. The highest BCUT2D eigenvalue weighted by atomic mass is 35.5. The third-order valence-electron chi connectivity index (χ3n) is 3.41. The first-order valence-corrected chi connectivity index (χ1v) is 7.42. The Morgan fingerprint density at radius 1 is 1.24 bits per heavy atom. The number of amidine groups is 1. The zero-order valence-corrected chi connectivity index (χ0v) is 12.5. The summed E-state index contributed by atoms with van der Waals surface area (Å²) < 4.78 is 0. The first-order chi connectivity index (χ1) is 10.2. The number of halogens is 1. The van der Waals surface area contributed by atoms with Crippen molar-refractivity contribution in [2.24, 2.45) is 5.10 Å². The van der Waals surface area contributed by atoms with Crippen molar-refractivity contribution in [2.45, 2.75) is 25.7 Å². The number of benzene rings is 1. The molecule has 2 rings (SSSR count). The molecule has 2 N–H and O–H groups in total. The standard InChI is InChI=1S/C15H18ClN5/c16-12-7-3-4-8-13(12)19-20-14(11-17)15(18)21-9-5-1-2-6-10-21/h3-4,7-8,18-19H,1-2,5-6,9-10H2/b18-15?,20-14-. The maximum Gasteiger partial charge on any atom is 0.202 e. The number of nitriles is 1. The predicted molar refractivity (Wildman–Crippen MR) is 85.9 cm³/mol. The van der Waals surface area contributed by atoms with Crippen molar-refractivity contribution in [3.8, 4) is 6.07 Å². The molecule has 0 amide bonds. The van der Waals surface area contributed by atoms with E-state index in [0.29, 0.717) is 10.7 Å². The van der Waals surface area contributed by atoms with Gasteiger partial charge in [-0.15, -0.1) is 0 Å². The van der Waals surface area contributed by atoms with Crippen molar-refractivity contribution >= 4 is 28.8 Å². The van der Waals surface area contributed by atoms with E-state index in [-0.39, 0.29) is 11.5 Å². The molecule has 0 saturated carbocycles. The third-order valence-corrected chi connectivity index (χ3v) is 3.74. The minimum atomic E-state index is 0.0804. The molecule has 5 nitrogen and oxygen atoms in total. The van der Waals surface area contributed by atoms with Gasteiger partial charge >= 0.3 is 0 Å². The van der Waals surface area contributed by atoms with Crippen LogP contribution in [0.4, 0.5) is 5.69 Å². The van der Waals surface area contributed by atoms with Crippen LogP contribution in [0.15, 0.2) is 29.4 Å². The summed E-state index contributed by atoms with van der Waals surface area (Å²) in [4.78, 5) is 1.92. The third kappa shape index (κ3) is 4.20. The van der Waals surface area contributed by atoms with Gasteiger partial charge in [0, 0.05) is 13.1 Å². The highest BCUT2D eigenvalue weighted by molar-refractivity contribution is 6.46. The zero-order valence-electron chi connectivity index (χ0n) is 11.8. The van der Waals surface area contributed by atoms with Gasteiger partial charge in [0.1, 0.15) is 6.07 Å². The van der Waals surface area contributed by atoms with Crippen LogP contribution in [0.25, 0.3) is 0 Å². The summed E-state index contributed by atoms with van der Waals surface area (Å²) in [5.74, 6) is 0.180. The molecular formula is C15H18ClN5. The molecule has 1 aromatic rings.